The zero-order valence-electron chi connectivity index (χ0n) is 26.5. The summed E-state index contributed by atoms with van der Waals surface area (Å²) in [6, 6.07) is 6.38. The molecule has 2 fully saturated rings. The first-order chi connectivity index (χ1) is 21.6. The Bertz CT molecular complexity index is 1500. The zero-order valence-corrected chi connectivity index (χ0v) is 26.5. The molecule has 0 bridgehead atoms. The highest BCUT2D eigenvalue weighted by Gasteiger charge is 2.70. The van der Waals surface area contributed by atoms with Crippen molar-refractivity contribution in [2.75, 3.05) is 20.3 Å². The summed E-state index contributed by atoms with van der Waals surface area (Å²) < 4.78 is 71.6. The third kappa shape index (κ3) is 5.12. The average molecular weight is 649 g/mol. The summed E-state index contributed by atoms with van der Waals surface area (Å²) in [7, 11) is 0.761. The molecule has 0 N–H and O–H groups in total. The molecular weight excluding hydrogens is 609 g/mol. The largest absolute Gasteiger partial charge is 0.472 e. The van der Waals surface area contributed by atoms with Gasteiger partial charge in [0.2, 0.25) is 0 Å². The Morgan fingerprint density at radius 1 is 0.957 bits per heavy atom. The molecule has 0 amide bonds. The first-order valence-electron chi connectivity index (χ1n) is 15.3. The molecule has 9 nitrogen and oxygen atoms in total. The molecular formula is C34H39F3O9. The Morgan fingerprint density at radius 3 is 2.22 bits per heavy atom. The summed E-state index contributed by atoms with van der Waals surface area (Å²) in [4.78, 5) is 52.1. The second-order valence-electron chi connectivity index (χ2n) is 13.4. The van der Waals surface area contributed by atoms with E-state index in [1.54, 1.807) is 19.5 Å². The van der Waals surface area contributed by atoms with E-state index in [9.17, 15) is 32.3 Å². The van der Waals surface area contributed by atoms with Crippen LogP contribution in [0, 0.1) is 22.7 Å². The van der Waals surface area contributed by atoms with Crippen molar-refractivity contribution in [1.82, 2.24) is 0 Å². The molecule has 250 valence electrons. The van der Waals surface area contributed by atoms with Gasteiger partial charge in [0.1, 0.15) is 13.2 Å². The molecule has 2 saturated carbocycles. The number of hydrogen-bond donors (Lipinski definition) is 0. The van der Waals surface area contributed by atoms with Crippen LogP contribution in [0.1, 0.15) is 70.1 Å². The summed E-state index contributed by atoms with van der Waals surface area (Å²) in [5, 5.41) is 0. The molecule has 0 radical (unpaired) electrons. The fourth-order valence-corrected chi connectivity index (χ4v) is 9.00. The SMILES string of the molecule is CO[C@](C(=O)O[C@H]1C(=O)C[C@@]2(C)[C@@H](CC[C@@]3(COC(C)=O)c4cocc4CC[C@@H]32)[C@@]1(C)COC(C)=O)(c1ccccc1)C(F)(F)F. The molecule has 12 heteroatoms. The van der Waals surface area contributed by atoms with Crippen molar-refractivity contribution in [3.8, 4) is 0 Å². The number of esters is 3. The topological polar surface area (TPSA) is 118 Å². The molecule has 1 aromatic heterocycles. The van der Waals surface area contributed by atoms with E-state index in [0.717, 1.165) is 30.4 Å². The quantitative estimate of drug-likeness (QED) is 0.266. The minimum Gasteiger partial charge on any atom is -0.472 e. The Balaban J connectivity index is 1.58. The molecule has 2 aromatic rings. The Morgan fingerprint density at radius 2 is 1.61 bits per heavy atom. The van der Waals surface area contributed by atoms with E-state index in [1.165, 1.54) is 32.0 Å². The molecule has 7 atom stereocenters. The number of furan rings is 1. The number of ether oxygens (including phenoxy) is 4. The monoisotopic (exact) mass is 648 g/mol. The molecule has 46 heavy (non-hydrogen) atoms. The molecule has 5 rings (SSSR count). The standard InChI is InChI=1S/C34H39F3O9/c1-20(38)44-18-31(4)26-13-14-32(19-45-21(2)39)24-17-43-16-22(24)11-12-27(32)30(26,3)15-25(40)28(31)46-29(41)33(42-5,34(35,36)37)23-9-7-6-8-10-23/h6-10,16-17,26-28H,11-15,18-19H2,1-5H3/t26-,27-,28+,30+,31-,32-,33+/m1/s1. The van der Waals surface area contributed by atoms with E-state index in [-0.39, 0.29) is 25.6 Å². The minimum absolute atomic E-state index is 0.0636. The lowest BCUT2D eigenvalue weighted by atomic mass is 9.39. The summed E-state index contributed by atoms with van der Waals surface area (Å²) in [5.41, 5.74) is -5.00. The molecule has 0 unspecified atom stereocenters. The zero-order chi connectivity index (χ0) is 33.7. The maximum atomic E-state index is 14.8. The van der Waals surface area contributed by atoms with Crippen LogP contribution >= 0.6 is 0 Å². The number of aryl methyl sites for hydroxylation is 1. The Kier molecular flexibility index (Phi) is 8.68. The number of alkyl halides is 3. The maximum Gasteiger partial charge on any atom is 0.432 e. The van der Waals surface area contributed by atoms with Crippen molar-refractivity contribution < 1.29 is 55.7 Å². The number of fused-ring (bicyclic) bond motifs is 5. The lowest BCUT2D eigenvalue weighted by Gasteiger charge is -2.64. The third-order valence-corrected chi connectivity index (χ3v) is 10.9. The summed E-state index contributed by atoms with van der Waals surface area (Å²) in [6.07, 6.45) is -1.55. The van der Waals surface area contributed by atoms with E-state index < -0.39 is 69.3 Å². The van der Waals surface area contributed by atoms with Gasteiger partial charge < -0.3 is 23.4 Å². The van der Waals surface area contributed by atoms with E-state index in [1.807, 2.05) is 6.92 Å². The number of ketones is 1. The van der Waals surface area contributed by atoms with E-state index in [2.05, 4.69) is 0 Å². The Hall–Kier alpha value is -3.67. The van der Waals surface area contributed by atoms with Gasteiger partial charge in [0.25, 0.3) is 5.60 Å². The van der Waals surface area contributed by atoms with Crippen LogP contribution in [0.2, 0.25) is 0 Å². The van der Waals surface area contributed by atoms with Gasteiger partial charge in [-0.15, -0.1) is 0 Å². The minimum atomic E-state index is -5.25. The normalized spacial score (nSPS) is 31.8. The summed E-state index contributed by atoms with van der Waals surface area (Å²) in [5.74, 6) is -4.16. The van der Waals surface area contributed by atoms with Crippen LogP contribution in [-0.4, -0.2) is 56.3 Å². The van der Waals surface area contributed by atoms with Gasteiger partial charge in [-0.3, -0.25) is 14.4 Å². The lowest BCUT2D eigenvalue weighted by Crippen LogP contribution is -2.67. The van der Waals surface area contributed by atoms with Gasteiger partial charge in [0, 0.05) is 49.3 Å². The summed E-state index contributed by atoms with van der Waals surface area (Å²) in [6.45, 7) is 5.79. The van der Waals surface area contributed by atoms with Gasteiger partial charge in [0.05, 0.1) is 12.5 Å². The van der Waals surface area contributed by atoms with Gasteiger partial charge in [-0.1, -0.05) is 44.2 Å². The number of methoxy groups -OCH3 is 1. The van der Waals surface area contributed by atoms with Gasteiger partial charge in [-0.05, 0) is 48.5 Å². The van der Waals surface area contributed by atoms with Crippen LogP contribution < -0.4 is 0 Å². The molecule has 1 heterocycles. The van der Waals surface area contributed by atoms with Gasteiger partial charge >= 0.3 is 24.1 Å². The molecule has 1 aromatic carbocycles. The first kappa shape index (κ1) is 33.7. The van der Waals surface area contributed by atoms with Gasteiger partial charge in [0.15, 0.2) is 11.9 Å². The number of carbonyl (C=O) groups excluding carboxylic acids is 4. The number of rotatable bonds is 8. The van der Waals surface area contributed by atoms with Crippen molar-refractivity contribution >= 4 is 23.7 Å². The lowest BCUT2D eigenvalue weighted by molar-refractivity contribution is -0.282. The van der Waals surface area contributed by atoms with Crippen LogP contribution in [-0.2, 0) is 55.6 Å². The Labute approximate surface area is 265 Å². The van der Waals surface area contributed by atoms with Crippen LogP contribution in [0.4, 0.5) is 13.2 Å². The molecule has 0 saturated heterocycles. The fourth-order valence-electron chi connectivity index (χ4n) is 9.00. The number of halogens is 3. The summed E-state index contributed by atoms with van der Waals surface area (Å²) >= 11 is 0. The fraction of sp³-hybridized carbons (Fsp3) is 0.588. The van der Waals surface area contributed by atoms with Crippen molar-refractivity contribution in [3.05, 3.63) is 59.5 Å². The van der Waals surface area contributed by atoms with Crippen molar-refractivity contribution in [2.45, 2.75) is 83.1 Å². The average Bonchev–Trinajstić information content (AvgIpc) is 3.48. The van der Waals surface area contributed by atoms with Crippen molar-refractivity contribution in [1.29, 1.82) is 0 Å². The van der Waals surface area contributed by atoms with Gasteiger partial charge in [-0.25, -0.2) is 4.79 Å². The predicted molar refractivity (Wildman–Crippen MR) is 155 cm³/mol. The maximum absolute atomic E-state index is 14.8. The number of carbonyl (C=O) groups is 4. The predicted octanol–water partition coefficient (Wildman–Crippen LogP) is 5.62. The highest BCUT2D eigenvalue weighted by molar-refractivity contribution is 5.91. The van der Waals surface area contributed by atoms with E-state index in [4.69, 9.17) is 23.4 Å². The number of Topliss-reactive ketones (excluding diaryl/α,β-unsaturated/α-hetero) is 1. The smallest absolute Gasteiger partial charge is 0.432 e. The molecule has 3 aliphatic carbocycles. The third-order valence-electron chi connectivity index (χ3n) is 10.9. The van der Waals surface area contributed by atoms with E-state index >= 15 is 0 Å². The number of benzene rings is 1. The highest BCUT2D eigenvalue weighted by atomic mass is 19.4. The van der Waals surface area contributed by atoms with Crippen LogP contribution in [0.3, 0.4) is 0 Å². The van der Waals surface area contributed by atoms with Crippen LogP contribution in [0.25, 0.3) is 0 Å². The molecule has 3 aliphatic rings. The molecule has 0 spiro atoms. The number of hydrogen-bond acceptors (Lipinski definition) is 9. The van der Waals surface area contributed by atoms with Crippen molar-refractivity contribution in [3.63, 3.8) is 0 Å². The molecule has 0 aliphatic heterocycles. The van der Waals surface area contributed by atoms with E-state index in [0.29, 0.717) is 25.7 Å². The van der Waals surface area contributed by atoms with Crippen LogP contribution in [0.5, 0.6) is 0 Å². The first-order valence-corrected chi connectivity index (χ1v) is 15.3. The van der Waals surface area contributed by atoms with Gasteiger partial charge in [-0.2, -0.15) is 13.2 Å². The highest BCUT2D eigenvalue weighted by Crippen LogP contribution is 2.67. The second-order valence-corrected chi connectivity index (χ2v) is 13.4. The van der Waals surface area contributed by atoms with Crippen LogP contribution in [0.15, 0.2) is 47.3 Å². The van der Waals surface area contributed by atoms with Crippen molar-refractivity contribution in [2.24, 2.45) is 22.7 Å². The second kappa shape index (κ2) is 11.8.